The molecular formula is C16H18N2O5. The number of ether oxygens (including phenoxy) is 2. The molecule has 0 atom stereocenters. The summed E-state index contributed by atoms with van der Waals surface area (Å²) in [6, 6.07) is 7.97. The normalized spacial score (nSPS) is 10.4. The first-order chi connectivity index (χ1) is 10.9. The molecule has 0 saturated heterocycles. The number of hydrogen-bond acceptors (Lipinski definition) is 6. The molecule has 1 aromatic carbocycles. The number of esters is 1. The van der Waals surface area contributed by atoms with Crippen molar-refractivity contribution in [3.05, 3.63) is 41.7 Å². The van der Waals surface area contributed by atoms with Crippen molar-refractivity contribution in [2.75, 3.05) is 11.9 Å². The Morgan fingerprint density at radius 2 is 1.96 bits per heavy atom. The predicted molar refractivity (Wildman–Crippen MR) is 82.4 cm³/mol. The monoisotopic (exact) mass is 318 g/mol. The molecule has 122 valence electrons. The molecule has 0 aliphatic rings. The van der Waals surface area contributed by atoms with Gasteiger partial charge in [0.15, 0.2) is 12.4 Å². The molecule has 0 fully saturated rings. The van der Waals surface area contributed by atoms with Crippen LogP contribution in [0.1, 0.15) is 30.0 Å². The van der Waals surface area contributed by atoms with E-state index in [4.69, 9.17) is 14.0 Å². The summed E-state index contributed by atoms with van der Waals surface area (Å²) in [5.41, 5.74) is 0.425. The van der Waals surface area contributed by atoms with Crippen LogP contribution in [-0.4, -0.2) is 29.7 Å². The van der Waals surface area contributed by atoms with E-state index in [9.17, 15) is 9.59 Å². The van der Waals surface area contributed by atoms with Crippen LogP contribution in [0.15, 0.2) is 34.9 Å². The molecule has 23 heavy (non-hydrogen) atoms. The van der Waals surface area contributed by atoms with Gasteiger partial charge >= 0.3 is 5.97 Å². The number of carbonyl (C=O) groups excluding carboxylic acids is 2. The quantitative estimate of drug-likeness (QED) is 0.823. The lowest BCUT2D eigenvalue weighted by molar-refractivity contribution is -0.118. The fraction of sp³-hybridized carbons (Fsp3) is 0.312. The topological polar surface area (TPSA) is 90.7 Å². The molecular weight excluding hydrogens is 300 g/mol. The smallest absolute Gasteiger partial charge is 0.338 e. The van der Waals surface area contributed by atoms with Gasteiger partial charge < -0.3 is 19.3 Å². The van der Waals surface area contributed by atoms with Crippen molar-refractivity contribution < 1.29 is 23.6 Å². The molecule has 1 amide bonds. The highest BCUT2D eigenvalue weighted by molar-refractivity contribution is 5.91. The van der Waals surface area contributed by atoms with Gasteiger partial charge in [0.25, 0.3) is 5.91 Å². The molecule has 7 heteroatoms. The van der Waals surface area contributed by atoms with Crippen LogP contribution in [0, 0.1) is 6.92 Å². The fourth-order valence-electron chi connectivity index (χ4n) is 1.72. The second kappa shape index (κ2) is 7.44. The van der Waals surface area contributed by atoms with Gasteiger partial charge in [0.2, 0.25) is 0 Å². The van der Waals surface area contributed by atoms with Gasteiger partial charge in [-0.2, -0.15) is 0 Å². The highest BCUT2D eigenvalue weighted by Crippen LogP contribution is 2.14. The zero-order valence-corrected chi connectivity index (χ0v) is 13.2. The Bertz CT molecular complexity index is 676. The molecule has 0 aliphatic heterocycles. The predicted octanol–water partition coefficient (Wildman–Crippen LogP) is 2.57. The van der Waals surface area contributed by atoms with E-state index < -0.39 is 5.97 Å². The summed E-state index contributed by atoms with van der Waals surface area (Å²) in [6.45, 7) is 5.11. The summed E-state index contributed by atoms with van der Waals surface area (Å²) in [5.74, 6) is 0.651. The lowest BCUT2D eigenvalue weighted by atomic mass is 10.2. The second-order valence-corrected chi connectivity index (χ2v) is 5.14. The second-order valence-electron chi connectivity index (χ2n) is 5.14. The molecule has 0 saturated carbocycles. The number of benzene rings is 1. The molecule has 2 aromatic rings. The molecule has 0 radical (unpaired) electrons. The Kier molecular flexibility index (Phi) is 5.35. The van der Waals surface area contributed by atoms with Crippen LogP contribution in [0.25, 0.3) is 0 Å². The average molecular weight is 318 g/mol. The first-order valence-corrected chi connectivity index (χ1v) is 7.11. The summed E-state index contributed by atoms with van der Waals surface area (Å²) >= 11 is 0. The number of carbonyl (C=O) groups is 2. The number of aromatic nitrogens is 1. The third-order valence-corrected chi connectivity index (χ3v) is 2.70. The van der Waals surface area contributed by atoms with Crippen molar-refractivity contribution in [3.8, 4) is 5.75 Å². The molecule has 1 heterocycles. The lowest BCUT2D eigenvalue weighted by Gasteiger charge is -2.09. The Morgan fingerprint density at radius 3 is 2.52 bits per heavy atom. The SMILES string of the molecule is Cc1cc(NC(=O)COc2ccc(C(=O)OC(C)C)cc2)no1. The van der Waals surface area contributed by atoms with Gasteiger partial charge in [0, 0.05) is 6.07 Å². The van der Waals surface area contributed by atoms with Crippen LogP contribution in [-0.2, 0) is 9.53 Å². The minimum absolute atomic E-state index is 0.178. The van der Waals surface area contributed by atoms with E-state index in [0.29, 0.717) is 22.9 Å². The number of hydrogen-bond donors (Lipinski definition) is 1. The van der Waals surface area contributed by atoms with E-state index in [2.05, 4.69) is 10.5 Å². The molecule has 1 N–H and O–H groups in total. The molecule has 7 nitrogen and oxygen atoms in total. The van der Waals surface area contributed by atoms with E-state index in [-0.39, 0.29) is 18.6 Å². The Morgan fingerprint density at radius 1 is 1.26 bits per heavy atom. The van der Waals surface area contributed by atoms with E-state index in [0.717, 1.165) is 0 Å². The minimum Gasteiger partial charge on any atom is -0.484 e. The molecule has 0 unspecified atom stereocenters. The lowest BCUT2D eigenvalue weighted by Crippen LogP contribution is -2.20. The van der Waals surface area contributed by atoms with E-state index in [1.165, 1.54) is 0 Å². The summed E-state index contributed by atoms with van der Waals surface area (Å²) in [6.07, 6.45) is -0.178. The molecule has 0 aliphatic carbocycles. The van der Waals surface area contributed by atoms with Crippen LogP contribution in [0.3, 0.4) is 0 Å². The minimum atomic E-state index is -0.398. The third-order valence-electron chi connectivity index (χ3n) is 2.70. The maximum atomic E-state index is 11.7. The van der Waals surface area contributed by atoms with Gasteiger partial charge in [0.1, 0.15) is 11.5 Å². The van der Waals surface area contributed by atoms with Gasteiger partial charge in [-0.05, 0) is 45.0 Å². The maximum Gasteiger partial charge on any atom is 0.338 e. The average Bonchev–Trinajstić information content (AvgIpc) is 2.90. The van der Waals surface area contributed by atoms with Crippen molar-refractivity contribution in [2.24, 2.45) is 0 Å². The van der Waals surface area contributed by atoms with Gasteiger partial charge in [0.05, 0.1) is 11.7 Å². The zero-order valence-electron chi connectivity index (χ0n) is 13.2. The van der Waals surface area contributed by atoms with Crippen molar-refractivity contribution in [2.45, 2.75) is 26.9 Å². The van der Waals surface area contributed by atoms with Crippen molar-refractivity contribution in [3.63, 3.8) is 0 Å². The number of aryl methyl sites for hydroxylation is 1. The number of amides is 1. The summed E-state index contributed by atoms with van der Waals surface area (Å²) in [4.78, 5) is 23.4. The number of nitrogens with zero attached hydrogens (tertiary/aromatic N) is 1. The van der Waals surface area contributed by atoms with Gasteiger partial charge in [-0.15, -0.1) is 0 Å². The number of nitrogens with one attached hydrogen (secondary N) is 1. The van der Waals surface area contributed by atoms with Crippen LogP contribution in [0.5, 0.6) is 5.75 Å². The van der Waals surface area contributed by atoms with Gasteiger partial charge in [-0.1, -0.05) is 5.16 Å². The largest absolute Gasteiger partial charge is 0.484 e. The fourth-order valence-corrected chi connectivity index (χ4v) is 1.72. The van der Waals surface area contributed by atoms with Crippen LogP contribution in [0.4, 0.5) is 5.82 Å². The standard InChI is InChI=1S/C16H18N2O5/c1-10(2)22-16(20)12-4-6-13(7-5-12)21-9-15(19)17-14-8-11(3)23-18-14/h4-8,10H,9H2,1-3H3,(H,17,18,19). The first kappa shape index (κ1) is 16.5. The Balaban J connectivity index is 1.84. The van der Waals surface area contributed by atoms with Crippen LogP contribution >= 0.6 is 0 Å². The maximum absolute atomic E-state index is 11.7. The summed E-state index contributed by atoms with van der Waals surface area (Å²) in [7, 11) is 0. The van der Waals surface area contributed by atoms with Crippen molar-refractivity contribution in [1.82, 2.24) is 5.16 Å². The zero-order chi connectivity index (χ0) is 16.8. The molecule has 1 aromatic heterocycles. The first-order valence-electron chi connectivity index (χ1n) is 7.11. The summed E-state index contributed by atoms with van der Waals surface area (Å²) < 4.78 is 15.3. The van der Waals surface area contributed by atoms with Crippen LogP contribution < -0.4 is 10.1 Å². The molecule has 2 rings (SSSR count). The van der Waals surface area contributed by atoms with Crippen LogP contribution in [0.2, 0.25) is 0 Å². The number of rotatable bonds is 6. The van der Waals surface area contributed by atoms with E-state index in [1.807, 2.05) is 0 Å². The van der Waals surface area contributed by atoms with Gasteiger partial charge in [-0.25, -0.2) is 4.79 Å². The van der Waals surface area contributed by atoms with Crippen molar-refractivity contribution >= 4 is 17.7 Å². The molecule has 0 bridgehead atoms. The number of anilines is 1. The van der Waals surface area contributed by atoms with Crippen molar-refractivity contribution in [1.29, 1.82) is 0 Å². The third kappa shape index (κ3) is 5.14. The Hall–Kier alpha value is -2.83. The Labute approximate surface area is 133 Å². The summed E-state index contributed by atoms with van der Waals surface area (Å²) in [5, 5.41) is 6.19. The highest BCUT2D eigenvalue weighted by atomic mass is 16.5. The van der Waals surface area contributed by atoms with Gasteiger partial charge in [-0.3, -0.25) is 4.79 Å². The van der Waals surface area contributed by atoms with E-state index in [1.54, 1.807) is 51.1 Å². The van der Waals surface area contributed by atoms with E-state index >= 15 is 0 Å². The highest BCUT2D eigenvalue weighted by Gasteiger charge is 2.10. The molecule has 0 spiro atoms.